The molecule has 4 N–H and O–H groups in total. The number of carbonyl (C=O) groups is 2. The number of carbonyl (C=O) groups excluding carboxylic acids is 2. The lowest BCUT2D eigenvalue weighted by Crippen LogP contribution is -2.55. The second-order valence-corrected chi connectivity index (χ2v) is 14.4. The third kappa shape index (κ3) is 7.93. The number of nitrogens with two attached hydrogens (primary N) is 1. The summed E-state index contributed by atoms with van der Waals surface area (Å²) in [6, 6.07) is 12.2. The number of terminal acetylenes is 1. The molecule has 1 unspecified atom stereocenters. The Bertz CT molecular complexity index is 1490. The predicted molar refractivity (Wildman–Crippen MR) is 191 cm³/mol. The number of nitrogen functional groups attached to an aromatic ring is 1. The number of hydrogen-bond acceptors (Lipinski definition) is 7. The summed E-state index contributed by atoms with van der Waals surface area (Å²) in [5.41, 5.74) is 9.85. The normalized spacial score (nSPS) is 22.0. The Morgan fingerprint density at radius 2 is 1.71 bits per heavy atom. The highest BCUT2D eigenvalue weighted by Crippen LogP contribution is 2.30. The molecule has 48 heavy (non-hydrogen) atoms. The molecule has 2 atom stereocenters. The summed E-state index contributed by atoms with van der Waals surface area (Å²) in [5.74, 6) is 2.22. The van der Waals surface area contributed by atoms with E-state index in [2.05, 4.69) is 39.1 Å². The fourth-order valence-corrected chi connectivity index (χ4v) is 8.27. The highest BCUT2D eigenvalue weighted by atomic mass is 35.5. The summed E-state index contributed by atoms with van der Waals surface area (Å²) >= 11 is 6.45. The number of urea groups is 1. The van der Waals surface area contributed by atoms with Crippen LogP contribution in [0.4, 0.5) is 16.2 Å². The van der Waals surface area contributed by atoms with E-state index in [9.17, 15) is 14.7 Å². The number of rotatable bonds is 8. The van der Waals surface area contributed by atoms with Crippen molar-refractivity contribution in [3.63, 3.8) is 0 Å². The van der Waals surface area contributed by atoms with E-state index in [1.807, 2.05) is 34.1 Å². The van der Waals surface area contributed by atoms with Crippen LogP contribution in [-0.2, 0) is 17.6 Å². The molecule has 0 aromatic heterocycles. The van der Waals surface area contributed by atoms with Crippen LogP contribution in [0.15, 0.2) is 36.4 Å². The number of hydrogen-bond donors (Lipinski definition) is 3. The highest BCUT2D eigenvalue weighted by Gasteiger charge is 2.36. The third-order valence-corrected chi connectivity index (χ3v) is 11.3. The summed E-state index contributed by atoms with van der Waals surface area (Å²) in [4.78, 5) is 38.2. The van der Waals surface area contributed by atoms with Gasteiger partial charge in [-0.2, -0.15) is 0 Å². The first-order valence-electron chi connectivity index (χ1n) is 17.5. The van der Waals surface area contributed by atoms with Gasteiger partial charge in [0.1, 0.15) is 6.23 Å². The number of para-hydroxylation sites is 1. The average Bonchev–Trinajstić information content (AvgIpc) is 3.27. The first kappa shape index (κ1) is 34.5. The number of likely N-dealkylation sites (tertiary alicyclic amines) is 2. The van der Waals surface area contributed by atoms with Gasteiger partial charge in [-0.25, -0.2) is 4.79 Å². The van der Waals surface area contributed by atoms with E-state index >= 15 is 0 Å². The summed E-state index contributed by atoms with van der Waals surface area (Å²) < 4.78 is 0. The number of halogens is 1. The van der Waals surface area contributed by atoms with Crippen LogP contribution in [0.2, 0.25) is 5.02 Å². The van der Waals surface area contributed by atoms with Crippen LogP contribution in [0.1, 0.15) is 48.8 Å². The quantitative estimate of drug-likeness (QED) is 0.290. The average molecular weight is 676 g/mol. The second-order valence-electron chi connectivity index (χ2n) is 14.0. The summed E-state index contributed by atoms with van der Waals surface area (Å²) in [6.45, 7) is 7.30. The number of nitrogens with one attached hydrogen (secondary N) is 1. The fraction of sp³-hybridized carbons (Fsp3) is 0.568. The lowest BCUT2D eigenvalue weighted by molar-refractivity contribution is -0.140. The molecule has 3 saturated heterocycles. The van der Waals surface area contributed by atoms with Crippen molar-refractivity contribution in [2.24, 2.45) is 5.92 Å². The Morgan fingerprint density at radius 1 is 1.02 bits per heavy atom. The lowest BCUT2D eigenvalue weighted by atomic mass is 9.91. The molecule has 0 bridgehead atoms. The van der Waals surface area contributed by atoms with Gasteiger partial charge in [0, 0.05) is 75.1 Å². The zero-order valence-electron chi connectivity index (χ0n) is 28.1. The molecule has 10 nitrogen and oxygen atoms in total. The van der Waals surface area contributed by atoms with E-state index < -0.39 is 12.1 Å². The van der Waals surface area contributed by atoms with Crippen molar-refractivity contribution in [2.45, 2.75) is 63.3 Å². The number of fused-ring (bicyclic) bond motifs is 1. The van der Waals surface area contributed by atoms with Crippen LogP contribution in [0, 0.1) is 18.3 Å². The van der Waals surface area contributed by atoms with Gasteiger partial charge in [0.25, 0.3) is 0 Å². The Labute approximate surface area is 290 Å². The molecule has 2 aromatic carbocycles. The number of piperidine rings is 2. The molecular weight excluding hydrogens is 626 g/mol. The Morgan fingerprint density at radius 3 is 2.42 bits per heavy atom. The minimum absolute atomic E-state index is 0.0583. The molecule has 4 aliphatic rings. The standard InChI is InChI=1S/C37H50ClN7O3/c1-3-27-22-26(24-32(38)35(27)39)23-29(36(47)44-20-18-42(19-21-44)30-9-13-41(2)14-10-30)25-34(46)43-15-11-31(12-16-43)45-17-8-28-6-4-5-7-33(28)40-37(45)48/h1,4-7,22,24,29-31,34,46H,8-21,23,25,39H2,2H3,(H,40,48)/t29-,34?/m0/s1. The maximum absolute atomic E-state index is 14.2. The zero-order valence-corrected chi connectivity index (χ0v) is 28.9. The van der Waals surface area contributed by atoms with E-state index in [-0.39, 0.29) is 18.0 Å². The van der Waals surface area contributed by atoms with Gasteiger partial charge in [-0.15, -0.1) is 6.42 Å². The first-order chi connectivity index (χ1) is 23.2. The number of piperazine rings is 1. The van der Waals surface area contributed by atoms with Crippen molar-refractivity contribution in [3.8, 4) is 12.3 Å². The van der Waals surface area contributed by atoms with Crippen LogP contribution >= 0.6 is 11.6 Å². The molecule has 3 fully saturated rings. The van der Waals surface area contributed by atoms with Crippen molar-refractivity contribution in [2.75, 3.05) is 77.0 Å². The summed E-state index contributed by atoms with van der Waals surface area (Å²) in [5, 5.41) is 15.0. The Balaban J connectivity index is 1.09. The van der Waals surface area contributed by atoms with E-state index in [1.54, 1.807) is 6.07 Å². The van der Waals surface area contributed by atoms with Gasteiger partial charge in [-0.3, -0.25) is 14.6 Å². The van der Waals surface area contributed by atoms with Gasteiger partial charge in [-0.05, 0) is 94.4 Å². The minimum atomic E-state index is -0.793. The number of anilines is 2. The van der Waals surface area contributed by atoms with Crippen molar-refractivity contribution in [1.29, 1.82) is 0 Å². The summed E-state index contributed by atoms with van der Waals surface area (Å²) in [7, 11) is 2.18. The lowest BCUT2D eigenvalue weighted by Gasteiger charge is -2.43. The van der Waals surface area contributed by atoms with Crippen LogP contribution in [0.5, 0.6) is 0 Å². The van der Waals surface area contributed by atoms with Crippen LogP contribution in [0.25, 0.3) is 0 Å². The molecular formula is C37H50ClN7O3. The van der Waals surface area contributed by atoms with E-state index in [1.165, 1.54) is 12.8 Å². The zero-order chi connectivity index (χ0) is 33.8. The molecule has 4 heterocycles. The SMILES string of the molecule is C#Cc1cc(C[C@@H](CC(O)N2CCC(N3CCc4ccccc4NC3=O)CC2)C(=O)N2CCN(C3CCN(C)CC3)CC2)cc(Cl)c1N. The largest absolute Gasteiger partial charge is 0.397 e. The topological polar surface area (TPSA) is 109 Å². The molecule has 0 aliphatic carbocycles. The van der Waals surface area contributed by atoms with Gasteiger partial charge in [0.05, 0.1) is 10.7 Å². The Hall–Kier alpha value is -3.33. The van der Waals surface area contributed by atoms with Crippen LogP contribution in [0.3, 0.4) is 0 Å². The minimum Gasteiger partial charge on any atom is -0.397 e. The molecule has 6 rings (SSSR count). The van der Waals surface area contributed by atoms with Crippen molar-refractivity contribution in [3.05, 3.63) is 58.1 Å². The van der Waals surface area contributed by atoms with Gasteiger partial charge in [-0.1, -0.05) is 35.7 Å². The first-order valence-corrected chi connectivity index (χ1v) is 17.9. The number of benzene rings is 2. The number of aliphatic hydroxyl groups is 1. The molecule has 4 aliphatic heterocycles. The van der Waals surface area contributed by atoms with Gasteiger partial charge in [0.15, 0.2) is 0 Å². The van der Waals surface area contributed by atoms with Crippen molar-refractivity contribution < 1.29 is 14.7 Å². The smallest absolute Gasteiger partial charge is 0.322 e. The molecule has 0 radical (unpaired) electrons. The number of aliphatic hydroxyl groups excluding tert-OH is 1. The highest BCUT2D eigenvalue weighted by molar-refractivity contribution is 6.33. The predicted octanol–water partition coefficient (Wildman–Crippen LogP) is 3.56. The van der Waals surface area contributed by atoms with Gasteiger partial charge >= 0.3 is 6.03 Å². The van der Waals surface area contributed by atoms with Crippen LogP contribution < -0.4 is 11.1 Å². The molecule has 0 saturated carbocycles. The van der Waals surface area contributed by atoms with Crippen molar-refractivity contribution >= 4 is 34.9 Å². The molecule has 2 aromatic rings. The van der Waals surface area contributed by atoms with Crippen LogP contribution in [-0.4, -0.2) is 126 Å². The number of nitrogens with zero attached hydrogens (tertiary/aromatic N) is 5. The monoisotopic (exact) mass is 675 g/mol. The Kier molecular flexibility index (Phi) is 11.1. The summed E-state index contributed by atoms with van der Waals surface area (Å²) in [6.07, 6.45) is 10.3. The second kappa shape index (κ2) is 15.5. The van der Waals surface area contributed by atoms with E-state index in [4.69, 9.17) is 23.8 Å². The third-order valence-electron chi connectivity index (χ3n) is 11.0. The van der Waals surface area contributed by atoms with Gasteiger partial charge in [0.2, 0.25) is 5.91 Å². The van der Waals surface area contributed by atoms with Gasteiger partial charge < -0.3 is 30.9 Å². The molecule has 3 amide bonds. The fourth-order valence-electron chi connectivity index (χ4n) is 8.03. The molecule has 258 valence electrons. The number of amides is 3. The van der Waals surface area contributed by atoms with Crippen molar-refractivity contribution in [1.82, 2.24) is 24.5 Å². The molecule has 0 spiro atoms. The molecule has 11 heteroatoms. The van der Waals surface area contributed by atoms with E-state index in [0.29, 0.717) is 67.9 Å². The maximum atomic E-state index is 14.2. The van der Waals surface area contributed by atoms with E-state index in [0.717, 1.165) is 62.3 Å². The maximum Gasteiger partial charge on any atom is 0.322 e.